The molecular weight excluding hydrogens is 1850 g/mol. The van der Waals surface area contributed by atoms with E-state index in [-0.39, 0.29) is 135 Å². The number of nitrogens with zero attached hydrogens (tertiary/aromatic N) is 17. The van der Waals surface area contributed by atoms with Crippen LogP contribution < -0.4 is 62.0 Å². The van der Waals surface area contributed by atoms with Crippen molar-refractivity contribution in [2.75, 3.05) is 39.2 Å². The molecule has 0 unspecified atom stereocenters. The van der Waals surface area contributed by atoms with Crippen LogP contribution in [0.25, 0.3) is 0 Å². The standard InChI is InChI=1S/C29H36N6O3.C25H31N7O4.C24H29N7O4.C22H28N4O4.2ClH/c1-21(17-27(36)22(2)30)29(38)33-16-13-23-9-11-24(12-10-23)34-28(37)20-35(18-25-7-3-5-14-31-25)19-26-8-4-6-15-32-26;1-18(25(35)36-3)12-23(33)19(2)28-24(34)17-32-16-22(29-30-32)15-31(13-20-8-4-6-10-26-20)14-21-9-5-7-11-27-21;1-17(24(34)35)11-22(32)18(2)27-23(33)16-31-15-21(28-29-31)14-30(12-19-7-3-5-9-25-19)13-20-8-4-6-10-26-20;1-16(22(29)30-3)12-20(27)17(2)25-21(28)15-26(13-18-8-4-6-10-23-18)14-19-9-5-7-11-24-19;;/h3-12,14-15,21-22H,13,16-20,30H2,1-2H3,(H,33,38)(H,34,37);4-11,16,18-19H,12-15,17H2,1-3H3,(H,28,34);3-10,15,17-18H,11-14,16H2,1-2H3,(H,27,33)(H,34,35);4-11,16-17H,12-15H2,1-3H3,(H,25,28);2*1H/t21-,22+;18-,19+;17-,18+;16-,17+;;/m0000../s1. The molecule has 0 radical (unpaired) electrons. The lowest BCUT2D eigenvalue weighted by atomic mass is 10.0. The number of rotatable bonds is 51. The van der Waals surface area contributed by atoms with Crippen LogP contribution in [0.4, 0.5) is 5.69 Å². The number of esters is 2. The summed E-state index contributed by atoms with van der Waals surface area (Å²) in [6, 6.07) is 50.9. The number of methoxy groups -OCH3 is 2. The minimum absolute atomic E-state index is 0. The molecule has 0 aliphatic heterocycles. The number of carbonyl (C=O) groups is 12. The van der Waals surface area contributed by atoms with Gasteiger partial charge in [0.2, 0.25) is 23.6 Å². The number of Topliss-reactive ketones (excluding diaryl/α,β-unsaturated/α-hetero) is 4. The molecule has 5 amide bonds. The number of nitrogens with one attached hydrogen (secondary N) is 6. The molecule has 0 saturated carbocycles. The number of carboxylic acid groups (broad SMARTS) is 1. The van der Waals surface area contributed by atoms with Crippen LogP contribution in [-0.4, -0.2) is 218 Å². The minimum Gasteiger partial charge on any atom is -1.00 e. The average Bonchev–Trinajstić information content (AvgIpc) is 1.66. The summed E-state index contributed by atoms with van der Waals surface area (Å²) in [6.07, 6.45) is 18.0. The van der Waals surface area contributed by atoms with E-state index in [0.29, 0.717) is 95.5 Å². The third-order valence-corrected chi connectivity index (χ3v) is 21.5. The number of hydrogen-bond acceptors (Lipinski definition) is 29. The molecule has 0 spiro atoms. The van der Waals surface area contributed by atoms with E-state index in [9.17, 15) is 57.5 Å². The predicted octanol–water partition coefficient (Wildman–Crippen LogP) is -0.657. The third-order valence-electron chi connectivity index (χ3n) is 21.5. The first-order chi connectivity index (χ1) is 66.8. The summed E-state index contributed by atoms with van der Waals surface area (Å²) in [4.78, 5) is 187. The summed E-state index contributed by atoms with van der Waals surface area (Å²) < 4.78 is 12.1. The summed E-state index contributed by atoms with van der Waals surface area (Å²) in [7, 11) is 2.56. The van der Waals surface area contributed by atoms with Crippen LogP contribution in [-0.2, 0) is 152 Å². The highest BCUT2D eigenvalue weighted by Crippen LogP contribution is 2.18. The topological polar surface area (TPSA) is 510 Å². The zero-order valence-electron chi connectivity index (χ0n) is 80.9. The average molecular weight is 1980 g/mol. The Bertz CT molecular complexity index is 5480. The number of benzene rings is 1. The second-order valence-corrected chi connectivity index (χ2v) is 33.8. The van der Waals surface area contributed by atoms with Crippen molar-refractivity contribution in [2.24, 2.45) is 23.7 Å². The molecule has 10 aromatic heterocycles. The van der Waals surface area contributed by atoms with Gasteiger partial charge in [0, 0.05) is 146 Å². The van der Waals surface area contributed by atoms with Gasteiger partial charge in [0.05, 0.1) is 126 Å². The molecule has 0 bridgehead atoms. The quantitative estimate of drug-likeness (QED) is 0.0219. The molecule has 0 aliphatic rings. The van der Waals surface area contributed by atoms with E-state index >= 15 is 0 Å². The number of halogens is 2. The molecule has 0 saturated heterocycles. The SMILES string of the molecule is COC(=O)[C@@H](C)CC(=O)[C@@H](C)NC(=O)CN(Cc1ccccn1)Cc1ccccn1.COC(=O)[C@@H](C)CC(=O)[C@@H](C)NC(=O)Cn1cc(CN(Cc2ccccn2)Cc2ccccn2)nn1.C[C@@H](CC(=O)[C@@H](C)NC(=O)Cn1cc(CN(Cc2ccccn2)Cc2ccccn2)nn1)C(=O)O.C[C@@H]([NH3+])C(=O)C[C@H](C)C(=O)NCCc1ccc(NC(=O)C[NH+](Cc2ccccn2)Cc2ccccn2)cc1.[Cl-].[Cl-]. The molecule has 750 valence electrons. The van der Waals surface area contributed by atoms with Gasteiger partial charge in [-0.1, -0.05) is 98.8 Å². The van der Waals surface area contributed by atoms with Crippen molar-refractivity contribution in [2.45, 2.75) is 190 Å². The maximum absolute atomic E-state index is 12.9. The first-order valence-electron chi connectivity index (χ1n) is 45.7. The Morgan fingerprint density at radius 2 is 0.695 bits per heavy atom. The van der Waals surface area contributed by atoms with E-state index in [1.54, 1.807) is 104 Å². The summed E-state index contributed by atoms with van der Waals surface area (Å²) in [5.41, 5.74) is 14.0. The van der Waals surface area contributed by atoms with Crippen LogP contribution in [0.5, 0.6) is 0 Å². The van der Waals surface area contributed by atoms with Gasteiger partial charge in [-0.3, -0.25) is 112 Å². The van der Waals surface area contributed by atoms with Gasteiger partial charge < -0.3 is 76.6 Å². The summed E-state index contributed by atoms with van der Waals surface area (Å²) in [6.45, 7) is 19.0. The Balaban J connectivity index is 0.000000288. The molecule has 1 aromatic carbocycles. The summed E-state index contributed by atoms with van der Waals surface area (Å²) in [5.74, 6) is -6.37. The van der Waals surface area contributed by atoms with Gasteiger partial charge >= 0.3 is 17.9 Å². The van der Waals surface area contributed by atoms with Gasteiger partial charge in [0.1, 0.15) is 32.2 Å². The molecule has 141 heavy (non-hydrogen) atoms. The maximum atomic E-state index is 12.9. The Kier molecular flexibility index (Phi) is 51.0. The fraction of sp³-hybridized carbons (Fsp3) is 0.380. The van der Waals surface area contributed by atoms with E-state index in [1.165, 1.54) is 37.4 Å². The number of quaternary nitrogens is 2. The number of carbonyl (C=O) groups excluding carboxylic acids is 11. The predicted molar refractivity (Wildman–Crippen MR) is 511 cm³/mol. The molecule has 0 fully saturated rings. The molecule has 11 aromatic rings. The largest absolute Gasteiger partial charge is 1.00 e. The van der Waals surface area contributed by atoms with Crippen LogP contribution in [0.15, 0.2) is 232 Å². The van der Waals surface area contributed by atoms with E-state index < -0.39 is 59.7 Å². The lowest BCUT2D eigenvalue weighted by Crippen LogP contribution is -3.10. The smallest absolute Gasteiger partial charge is 0.308 e. The fourth-order valence-electron chi connectivity index (χ4n) is 13.9. The normalized spacial score (nSPS) is 12.5. The first kappa shape index (κ1) is 115. The Morgan fingerprint density at radius 3 is 1.01 bits per heavy atom. The second-order valence-electron chi connectivity index (χ2n) is 33.8. The van der Waals surface area contributed by atoms with Crippen molar-refractivity contribution in [1.29, 1.82) is 0 Å². The molecule has 39 nitrogen and oxygen atoms in total. The third kappa shape index (κ3) is 44.5. The van der Waals surface area contributed by atoms with Gasteiger partial charge in [-0.25, -0.2) is 9.36 Å². The van der Waals surface area contributed by atoms with Gasteiger partial charge in [0.25, 0.3) is 5.91 Å². The number of carboxylic acids is 1. The van der Waals surface area contributed by atoms with Crippen molar-refractivity contribution >= 4 is 76.3 Å². The summed E-state index contributed by atoms with van der Waals surface area (Å²) >= 11 is 0. The van der Waals surface area contributed by atoms with E-state index in [4.69, 9.17) is 5.11 Å². The van der Waals surface area contributed by atoms with Gasteiger partial charge in [-0.05, 0) is 149 Å². The van der Waals surface area contributed by atoms with Crippen molar-refractivity contribution in [3.63, 3.8) is 0 Å². The molecule has 10 N–H and O–H groups in total. The number of pyridine rings is 8. The Morgan fingerprint density at radius 1 is 0.383 bits per heavy atom. The van der Waals surface area contributed by atoms with Gasteiger partial charge in [-0.2, -0.15) is 0 Å². The number of amides is 5. The van der Waals surface area contributed by atoms with Gasteiger partial charge in [-0.15, -0.1) is 10.2 Å². The number of hydrogen-bond donors (Lipinski definition) is 8. The number of ketones is 4. The minimum atomic E-state index is -1.05. The van der Waals surface area contributed by atoms with Crippen LogP contribution in [0.2, 0.25) is 0 Å². The Hall–Kier alpha value is -14.5. The van der Waals surface area contributed by atoms with Crippen LogP contribution in [0.3, 0.4) is 0 Å². The zero-order valence-corrected chi connectivity index (χ0v) is 82.4. The lowest BCUT2D eigenvalue weighted by Gasteiger charge is -2.22. The van der Waals surface area contributed by atoms with Crippen LogP contribution >= 0.6 is 0 Å². The lowest BCUT2D eigenvalue weighted by molar-refractivity contribution is -0.920. The van der Waals surface area contributed by atoms with Crippen LogP contribution in [0, 0.1) is 23.7 Å². The van der Waals surface area contributed by atoms with E-state index in [2.05, 4.69) is 112 Å². The van der Waals surface area contributed by atoms with E-state index in [0.717, 1.165) is 56.0 Å². The molecule has 10 heterocycles. The first-order valence-corrected chi connectivity index (χ1v) is 45.7. The molecule has 8 atom stereocenters. The monoisotopic (exact) mass is 1970 g/mol. The second kappa shape index (κ2) is 62.5. The number of aliphatic carboxylic acids is 1. The van der Waals surface area contributed by atoms with Crippen molar-refractivity contribution < 1.29 is 108 Å². The fourth-order valence-corrected chi connectivity index (χ4v) is 13.9. The van der Waals surface area contributed by atoms with E-state index in [1.807, 2.05) is 175 Å². The highest BCUT2D eigenvalue weighted by Gasteiger charge is 2.29. The molecule has 41 heteroatoms. The van der Waals surface area contributed by atoms with Crippen molar-refractivity contribution in [3.05, 3.63) is 294 Å². The van der Waals surface area contributed by atoms with Crippen molar-refractivity contribution in [3.8, 4) is 0 Å². The number of anilines is 1. The Labute approximate surface area is 832 Å². The highest BCUT2D eigenvalue weighted by atomic mass is 35.5. The number of ether oxygens (including phenoxy) is 2. The van der Waals surface area contributed by atoms with Crippen LogP contribution in [0.1, 0.15) is 144 Å². The zero-order chi connectivity index (χ0) is 100. The molecule has 0 aliphatic carbocycles. The molecular formula is C100H126Cl2N24O15. The van der Waals surface area contributed by atoms with Gasteiger partial charge in [0.15, 0.2) is 29.7 Å². The maximum Gasteiger partial charge on any atom is 0.308 e. The molecule has 11 rings (SSSR count). The summed E-state index contributed by atoms with van der Waals surface area (Å²) in [5, 5.41) is 39.3. The highest BCUT2D eigenvalue weighted by molar-refractivity contribution is 5.94. The number of aromatic nitrogens is 14. The van der Waals surface area contributed by atoms with Crippen molar-refractivity contribution in [1.82, 2.24) is 106 Å².